The summed E-state index contributed by atoms with van der Waals surface area (Å²) in [6.45, 7) is 0. The van der Waals surface area contributed by atoms with Crippen LogP contribution in [-0.2, 0) is 0 Å². The van der Waals surface area contributed by atoms with E-state index in [1.54, 1.807) is 38.7 Å². The molecule has 3 N–H and O–H groups in total. The molecule has 21 heavy (non-hydrogen) atoms. The fourth-order valence-electron chi connectivity index (χ4n) is 2.12. The number of rotatable bonds is 6. The number of benzene rings is 1. The predicted molar refractivity (Wildman–Crippen MR) is 87.3 cm³/mol. The van der Waals surface area contributed by atoms with Crippen molar-refractivity contribution in [2.45, 2.75) is 6.04 Å². The molecule has 7 heteroatoms. The SMILES string of the molecule is COc1cc(OC)c(C(NN)c2cscc2Br)cc1OC. The Morgan fingerprint density at radius 2 is 1.62 bits per heavy atom. The lowest BCUT2D eigenvalue weighted by Crippen LogP contribution is -2.29. The summed E-state index contributed by atoms with van der Waals surface area (Å²) in [5, 5.41) is 4.04. The van der Waals surface area contributed by atoms with E-state index in [2.05, 4.69) is 21.4 Å². The minimum absolute atomic E-state index is 0.222. The van der Waals surface area contributed by atoms with Crippen LogP contribution in [-0.4, -0.2) is 21.3 Å². The Morgan fingerprint density at radius 3 is 2.10 bits per heavy atom. The summed E-state index contributed by atoms with van der Waals surface area (Å²) < 4.78 is 17.1. The quantitative estimate of drug-likeness (QED) is 0.602. The molecule has 0 fully saturated rings. The molecule has 0 radical (unpaired) electrons. The van der Waals surface area contributed by atoms with E-state index in [-0.39, 0.29) is 6.04 Å². The highest BCUT2D eigenvalue weighted by atomic mass is 79.9. The van der Waals surface area contributed by atoms with Gasteiger partial charge in [0.15, 0.2) is 11.5 Å². The van der Waals surface area contributed by atoms with E-state index >= 15 is 0 Å². The molecule has 2 rings (SSSR count). The molecule has 5 nitrogen and oxygen atoms in total. The fourth-order valence-corrected chi connectivity index (χ4v) is 3.67. The molecule has 1 aromatic heterocycles. The molecule has 1 atom stereocenters. The Balaban J connectivity index is 2.57. The van der Waals surface area contributed by atoms with Crippen molar-refractivity contribution in [3.63, 3.8) is 0 Å². The maximum absolute atomic E-state index is 5.76. The maximum Gasteiger partial charge on any atom is 0.164 e. The molecule has 0 amide bonds. The van der Waals surface area contributed by atoms with Gasteiger partial charge in [0.2, 0.25) is 0 Å². The summed E-state index contributed by atoms with van der Waals surface area (Å²) >= 11 is 5.13. The van der Waals surface area contributed by atoms with Crippen molar-refractivity contribution in [2.24, 2.45) is 5.84 Å². The van der Waals surface area contributed by atoms with Crippen LogP contribution in [0.3, 0.4) is 0 Å². The highest BCUT2D eigenvalue weighted by Crippen LogP contribution is 2.41. The molecular weight excluding hydrogens is 356 g/mol. The normalized spacial score (nSPS) is 12.0. The Hall–Kier alpha value is -1.28. The van der Waals surface area contributed by atoms with Crippen LogP contribution in [0.5, 0.6) is 17.2 Å². The summed E-state index contributed by atoms with van der Waals surface area (Å²) in [7, 11) is 4.80. The predicted octanol–water partition coefficient (Wildman–Crippen LogP) is 3.09. The van der Waals surface area contributed by atoms with Gasteiger partial charge in [0.25, 0.3) is 0 Å². The number of hydrazine groups is 1. The van der Waals surface area contributed by atoms with Gasteiger partial charge in [0, 0.05) is 21.5 Å². The number of nitrogens with one attached hydrogen (secondary N) is 1. The third-order valence-electron chi connectivity index (χ3n) is 3.17. The van der Waals surface area contributed by atoms with Crippen molar-refractivity contribution < 1.29 is 14.2 Å². The van der Waals surface area contributed by atoms with Crippen molar-refractivity contribution in [3.8, 4) is 17.2 Å². The summed E-state index contributed by atoms with van der Waals surface area (Å²) in [5.74, 6) is 7.67. The van der Waals surface area contributed by atoms with Crippen molar-refractivity contribution in [1.29, 1.82) is 0 Å². The Labute approximate surface area is 136 Å². The molecule has 1 unspecified atom stereocenters. The largest absolute Gasteiger partial charge is 0.496 e. The lowest BCUT2D eigenvalue weighted by Gasteiger charge is -2.21. The fraction of sp³-hybridized carbons (Fsp3) is 0.286. The molecule has 0 aliphatic carbocycles. The van der Waals surface area contributed by atoms with E-state index in [9.17, 15) is 0 Å². The second-order valence-corrected chi connectivity index (χ2v) is 5.82. The molecule has 2 aromatic rings. The summed E-state index contributed by atoms with van der Waals surface area (Å²) in [6.07, 6.45) is 0. The van der Waals surface area contributed by atoms with E-state index in [1.165, 1.54) is 0 Å². The van der Waals surface area contributed by atoms with E-state index < -0.39 is 0 Å². The van der Waals surface area contributed by atoms with E-state index in [0.29, 0.717) is 17.2 Å². The van der Waals surface area contributed by atoms with Gasteiger partial charge in [-0.05, 0) is 32.9 Å². The van der Waals surface area contributed by atoms with Crippen LogP contribution >= 0.6 is 27.3 Å². The minimum Gasteiger partial charge on any atom is -0.496 e. The third-order valence-corrected chi connectivity index (χ3v) is 4.92. The molecule has 114 valence electrons. The standard InChI is InChI=1S/C14H17BrN2O3S/c1-18-11-5-13(20-3)12(19-2)4-8(11)14(17-16)9-6-21-7-10(9)15/h4-7,14,17H,16H2,1-3H3. The van der Waals surface area contributed by atoms with Gasteiger partial charge in [0.05, 0.1) is 27.4 Å². The number of nitrogens with two attached hydrogens (primary N) is 1. The smallest absolute Gasteiger partial charge is 0.164 e. The average molecular weight is 373 g/mol. The van der Waals surface area contributed by atoms with Crippen LogP contribution < -0.4 is 25.5 Å². The molecule has 1 heterocycles. The zero-order valence-electron chi connectivity index (χ0n) is 12.0. The number of thiophene rings is 1. The number of ether oxygens (including phenoxy) is 3. The highest BCUT2D eigenvalue weighted by molar-refractivity contribution is 9.10. The van der Waals surface area contributed by atoms with Crippen molar-refractivity contribution in [1.82, 2.24) is 5.43 Å². The molecule has 0 spiro atoms. The van der Waals surface area contributed by atoms with Gasteiger partial charge < -0.3 is 14.2 Å². The first-order chi connectivity index (χ1) is 10.2. The first kappa shape index (κ1) is 16.1. The van der Waals surface area contributed by atoms with Gasteiger partial charge in [0.1, 0.15) is 5.75 Å². The van der Waals surface area contributed by atoms with Crippen molar-refractivity contribution >= 4 is 27.3 Å². The maximum atomic E-state index is 5.76. The van der Waals surface area contributed by atoms with Gasteiger partial charge in [-0.1, -0.05) is 0 Å². The van der Waals surface area contributed by atoms with E-state index in [4.69, 9.17) is 20.1 Å². The van der Waals surface area contributed by atoms with Crippen LogP contribution in [0.25, 0.3) is 0 Å². The Kier molecular flexibility index (Phi) is 5.46. The number of hydrogen-bond donors (Lipinski definition) is 2. The first-order valence-corrected chi connectivity index (χ1v) is 7.87. The van der Waals surface area contributed by atoms with Gasteiger partial charge in [-0.3, -0.25) is 5.84 Å². The minimum atomic E-state index is -0.222. The lowest BCUT2D eigenvalue weighted by molar-refractivity contribution is 0.346. The van der Waals surface area contributed by atoms with Gasteiger partial charge >= 0.3 is 0 Å². The molecular formula is C14H17BrN2O3S. The summed E-state index contributed by atoms with van der Waals surface area (Å²) in [6, 6.07) is 3.44. The summed E-state index contributed by atoms with van der Waals surface area (Å²) in [4.78, 5) is 0. The molecule has 0 aliphatic rings. The number of hydrogen-bond acceptors (Lipinski definition) is 6. The Bertz CT molecular complexity index is 618. The first-order valence-electron chi connectivity index (χ1n) is 6.13. The number of halogens is 1. The zero-order valence-corrected chi connectivity index (χ0v) is 14.4. The highest BCUT2D eigenvalue weighted by Gasteiger charge is 2.22. The Morgan fingerprint density at radius 1 is 1.00 bits per heavy atom. The molecule has 1 aromatic carbocycles. The molecule has 0 saturated heterocycles. The van der Waals surface area contributed by atoms with Gasteiger partial charge in [-0.15, -0.1) is 0 Å². The average Bonchev–Trinajstić information content (AvgIpc) is 2.93. The zero-order chi connectivity index (χ0) is 15.4. The molecule has 0 bridgehead atoms. The van der Waals surface area contributed by atoms with Crippen LogP contribution in [0.15, 0.2) is 27.4 Å². The van der Waals surface area contributed by atoms with Crippen molar-refractivity contribution in [2.75, 3.05) is 21.3 Å². The second kappa shape index (κ2) is 7.13. The third kappa shape index (κ3) is 3.16. The van der Waals surface area contributed by atoms with Gasteiger partial charge in [-0.25, -0.2) is 5.43 Å². The topological polar surface area (TPSA) is 65.7 Å². The lowest BCUT2D eigenvalue weighted by atomic mass is 10.00. The molecule has 0 aliphatic heterocycles. The van der Waals surface area contributed by atoms with Crippen LogP contribution in [0.2, 0.25) is 0 Å². The molecule has 0 saturated carbocycles. The van der Waals surface area contributed by atoms with Gasteiger partial charge in [-0.2, -0.15) is 11.3 Å². The van der Waals surface area contributed by atoms with Crippen molar-refractivity contribution in [3.05, 3.63) is 38.5 Å². The number of methoxy groups -OCH3 is 3. The second-order valence-electron chi connectivity index (χ2n) is 4.22. The van der Waals surface area contributed by atoms with E-state index in [0.717, 1.165) is 15.6 Å². The van der Waals surface area contributed by atoms with Crippen LogP contribution in [0.4, 0.5) is 0 Å². The van der Waals surface area contributed by atoms with E-state index in [1.807, 2.05) is 16.8 Å². The monoisotopic (exact) mass is 372 g/mol. The summed E-state index contributed by atoms with van der Waals surface area (Å²) in [5.41, 5.74) is 4.73. The van der Waals surface area contributed by atoms with Crippen LogP contribution in [0, 0.1) is 0 Å². The van der Waals surface area contributed by atoms with Crippen LogP contribution in [0.1, 0.15) is 17.2 Å².